The number of rotatable bonds is 5. The molecule has 0 aliphatic rings. The summed E-state index contributed by atoms with van der Waals surface area (Å²) < 4.78 is 4.71. The third-order valence-corrected chi connectivity index (χ3v) is 4.29. The monoisotopic (exact) mass is 366 g/mol. The third-order valence-electron chi connectivity index (χ3n) is 4.29. The number of pyridine rings is 1. The maximum Gasteiger partial charge on any atom is 0.295 e. The average Bonchev–Trinajstić information content (AvgIpc) is 2.86. The van der Waals surface area contributed by atoms with Crippen LogP contribution >= 0.6 is 0 Å². The number of carbonyl (C=O) groups excluding carboxylic acids is 2. The van der Waals surface area contributed by atoms with Crippen molar-refractivity contribution in [3.05, 3.63) is 76.5 Å². The van der Waals surface area contributed by atoms with Crippen LogP contribution in [0.25, 0.3) is 5.69 Å². The number of anilines is 1. The van der Waals surface area contributed by atoms with Gasteiger partial charge in [-0.25, -0.2) is 4.68 Å². The molecular weight excluding hydrogens is 346 g/mol. The molecule has 2 aromatic heterocycles. The topological polar surface area (TPSA) is 103 Å². The minimum Gasteiger partial charge on any atom is -0.365 e. The molecule has 0 saturated carbocycles. The Kier molecular flexibility index (Phi) is 4.89. The highest BCUT2D eigenvalue weighted by Gasteiger charge is 2.20. The van der Waals surface area contributed by atoms with Crippen LogP contribution in [-0.2, 0) is 18.4 Å². The lowest BCUT2D eigenvalue weighted by molar-refractivity contribution is -0.684. The standard InChI is InChI=1S/C19H19N5O3/c1-13-17(19(27)24(22(13)2)15-8-4-3-5-9-15)21-16(25)12-23-10-6-7-14(11-23)18(20)26/h3-11H,12H2,1-2H3,(H2-,20,21,25,26)/p+1. The zero-order chi connectivity index (χ0) is 19.6. The first kappa shape index (κ1) is 18.1. The summed E-state index contributed by atoms with van der Waals surface area (Å²) in [5.74, 6) is -0.956. The number of benzene rings is 1. The Morgan fingerprint density at radius 2 is 1.85 bits per heavy atom. The van der Waals surface area contributed by atoms with E-state index in [-0.39, 0.29) is 23.7 Å². The first-order valence-electron chi connectivity index (χ1n) is 8.31. The van der Waals surface area contributed by atoms with Gasteiger partial charge in [0.25, 0.3) is 17.4 Å². The third kappa shape index (κ3) is 3.64. The van der Waals surface area contributed by atoms with Gasteiger partial charge in [-0.15, -0.1) is 0 Å². The molecule has 2 heterocycles. The van der Waals surface area contributed by atoms with Gasteiger partial charge in [-0.05, 0) is 25.1 Å². The van der Waals surface area contributed by atoms with E-state index in [1.165, 1.54) is 15.4 Å². The Morgan fingerprint density at radius 3 is 2.52 bits per heavy atom. The first-order valence-corrected chi connectivity index (χ1v) is 8.31. The van der Waals surface area contributed by atoms with Crippen molar-refractivity contribution < 1.29 is 14.2 Å². The fraction of sp³-hybridized carbons (Fsp3) is 0.158. The summed E-state index contributed by atoms with van der Waals surface area (Å²) in [5, 5.41) is 2.68. The van der Waals surface area contributed by atoms with Gasteiger partial charge >= 0.3 is 0 Å². The summed E-state index contributed by atoms with van der Waals surface area (Å²) in [6, 6.07) is 12.4. The number of aromatic nitrogens is 3. The van der Waals surface area contributed by atoms with E-state index < -0.39 is 5.91 Å². The lowest BCUT2D eigenvalue weighted by atomic mass is 10.3. The van der Waals surface area contributed by atoms with Crippen molar-refractivity contribution in [1.82, 2.24) is 9.36 Å². The molecule has 3 aromatic rings. The number of carbonyl (C=O) groups is 2. The van der Waals surface area contributed by atoms with Crippen LogP contribution in [0.5, 0.6) is 0 Å². The van der Waals surface area contributed by atoms with Gasteiger partial charge < -0.3 is 11.1 Å². The number of hydrogen-bond donors (Lipinski definition) is 2. The quantitative estimate of drug-likeness (QED) is 0.643. The lowest BCUT2D eigenvalue weighted by Crippen LogP contribution is -2.41. The molecule has 3 N–H and O–H groups in total. The lowest BCUT2D eigenvalue weighted by Gasteiger charge is -2.07. The SMILES string of the molecule is Cc1c(NC(=O)C[n+]2cccc(C(N)=O)c2)c(=O)n(-c2ccccc2)n1C. The molecule has 8 heteroatoms. The Hall–Kier alpha value is -3.68. The van der Waals surface area contributed by atoms with Crippen LogP contribution in [0.2, 0.25) is 0 Å². The number of para-hydroxylation sites is 1. The smallest absolute Gasteiger partial charge is 0.295 e. The van der Waals surface area contributed by atoms with Crippen LogP contribution in [0.4, 0.5) is 5.69 Å². The Labute approximate surface area is 155 Å². The van der Waals surface area contributed by atoms with Gasteiger partial charge in [0.15, 0.2) is 12.4 Å². The molecule has 0 atom stereocenters. The van der Waals surface area contributed by atoms with Crippen molar-refractivity contribution in [3.8, 4) is 5.69 Å². The van der Waals surface area contributed by atoms with E-state index in [0.29, 0.717) is 16.9 Å². The van der Waals surface area contributed by atoms with E-state index in [4.69, 9.17) is 5.73 Å². The van der Waals surface area contributed by atoms with Gasteiger partial charge in [-0.3, -0.25) is 19.1 Å². The summed E-state index contributed by atoms with van der Waals surface area (Å²) in [4.78, 5) is 36.5. The summed E-state index contributed by atoms with van der Waals surface area (Å²) >= 11 is 0. The van der Waals surface area contributed by atoms with E-state index in [9.17, 15) is 14.4 Å². The van der Waals surface area contributed by atoms with Crippen molar-refractivity contribution >= 4 is 17.5 Å². The normalized spacial score (nSPS) is 10.6. The predicted octanol–water partition coefficient (Wildman–Crippen LogP) is 0.510. The van der Waals surface area contributed by atoms with Crippen LogP contribution in [0, 0.1) is 6.92 Å². The van der Waals surface area contributed by atoms with Crippen LogP contribution < -0.4 is 21.2 Å². The Balaban J connectivity index is 1.86. The summed E-state index contributed by atoms with van der Waals surface area (Å²) in [5.41, 5.74) is 6.79. The van der Waals surface area contributed by atoms with Crippen molar-refractivity contribution in [1.29, 1.82) is 0 Å². The van der Waals surface area contributed by atoms with Crippen molar-refractivity contribution in [3.63, 3.8) is 0 Å². The minimum atomic E-state index is -0.575. The second-order valence-electron chi connectivity index (χ2n) is 6.11. The van der Waals surface area contributed by atoms with Crippen molar-refractivity contribution in [2.24, 2.45) is 12.8 Å². The maximum atomic E-state index is 12.8. The highest BCUT2D eigenvalue weighted by Crippen LogP contribution is 2.13. The predicted molar refractivity (Wildman–Crippen MR) is 99.5 cm³/mol. The van der Waals surface area contributed by atoms with Crippen LogP contribution in [0.15, 0.2) is 59.7 Å². The van der Waals surface area contributed by atoms with Gasteiger partial charge in [0, 0.05) is 13.1 Å². The zero-order valence-electron chi connectivity index (χ0n) is 15.0. The number of hydrogen-bond acceptors (Lipinski definition) is 3. The van der Waals surface area contributed by atoms with Gasteiger partial charge in [0.1, 0.15) is 11.3 Å². The first-order chi connectivity index (χ1) is 12.9. The molecule has 0 fully saturated rings. The second-order valence-corrected chi connectivity index (χ2v) is 6.11. The molecule has 0 unspecified atom stereocenters. The number of nitrogens with two attached hydrogens (primary N) is 1. The maximum absolute atomic E-state index is 12.8. The van der Waals surface area contributed by atoms with E-state index in [0.717, 1.165) is 0 Å². The number of amides is 2. The highest BCUT2D eigenvalue weighted by atomic mass is 16.2. The molecule has 2 amide bonds. The van der Waals surface area contributed by atoms with Gasteiger partial charge in [-0.1, -0.05) is 18.2 Å². The molecule has 0 aliphatic heterocycles. The zero-order valence-corrected chi connectivity index (χ0v) is 15.0. The molecule has 8 nitrogen and oxygen atoms in total. The van der Waals surface area contributed by atoms with Crippen LogP contribution in [0.3, 0.4) is 0 Å². The fourth-order valence-corrected chi connectivity index (χ4v) is 2.82. The molecule has 3 rings (SSSR count). The minimum absolute atomic E-state index is 0.0553. The summed E-state index contributed by atoms with van der Waals surface area (Å²) in [6.45, 7) is 1.71. The Morgan fingerprint density at radius 1 is 1.15 bits per heavy atom. The van der Waals surface area contributed by atoms with Crippen LogP contribution in [-0.4, -0.2) is 21.2 Å². The fourth-order valence-electron chi connectivity index (χ4n) is 2.82. The van der Waals surface area contributed by atoms with E-state index in [2.05, 4.69) is 5.32 Å². The van der Waals surface area contributed by atoms with Gasteiger partial charge in [0.05, 0.1) is 11.4 Å². The van der Waals surface area contributed by atoms with Crippen molar-refractivity contribution in [2.75, 3.05) is 5.32 Å². The second kappa shape index (κ2) is 7.28. The Bertz CT molecular complexity index is 1070. The van der Waals surface area contributed by atoms with Crippen molar-refractivity contribution in [2.45, 2.75) is 13.5 Å². The van der Waals surface area contributed by atoms with E-state index >= 15 is 0 Å². The van der Waals surface area contributed by atoms with Crippen LogP contribution in [0.1, 0.15) is 16.1 Å². The molecule has 0 radical (unpaired) electrons. The summed E-state index contributed by atoms with van der Waals surface area (Å²) in [6.07, 6.45) is 3.13. The molecule has 138 valence electrons. The van der Waals surface area contributed by atoms with E-state index in [1.807, 2.05) is 30.3 Å². The molecule has 0 saturated heterocycles. The van der Waals surface area contributed by atoms with Gasteiger partial charge in [0.2, 0.25) is 6.54 Å². The summed E-state index contributed by atoms with van der Waals surface area (Å²) in [7, 11) is 1.75. The molecule has 27 heavy (non-hydrogen) atoms. The number of primary amides is 1. The molecular formula is C19H20N5O3+. The number of nitrogens with zero attached hydrogens (tertiary/aromatic N) is 3. The average molecular weight is 366 g/mol. The number of nitrogens with one attached hydrogen (secondary N) is 1. The molecule has 0 spiro atoms. The molecule has 1 aromatic carbocycles. The highest BCUT2D eigenvalue weighted by molar-refractivity contribution is 5.92. The molecule has 0 bridgehead atoms. The largest absolute Gasteiger partial charge is 0.365 e. The molecule has 0 aliphatic carbocycles. The van der Waals surface area contributed by atoms with E-state index in [1.54, 1.807) is 37.0 Å². The van der Waals surface area contributed by atoms with Gasteiger partial charge in [-0.2, -0.15) is 4.57 Å².